The summed E-state index contributed by atoms with van der Waals surface area (Å²) in [6, 6.07) is 15.9. The Morgan fingerprint density at radius 1 is 1.06 bits per heavy atom. The van der Waals surface area contributed by atoms with Crippen LogP contribution in [0.4, 0.5) is 0 Å². The number of primary amides is 1. The second-order valence-corrected chi connectivity index (χ2v) is 7.42. The Labute approximate surface area is 184 Å². The molecule has 0 radical (unpaired) electrons. The molecule has 2 heterocycles. The molecule has 0 unspecified atom stereocenters. The maximum absolute atomic E-state index is 11.2. The molecular weight excluding hydrogens is 410 g/mol. The van der Waals surface area contributed by atoms with Gasteiger partial charge < -0.3 is 30.3 Å². The van der Waals surface area contributed by atoms with Gasteiger partial charge in [-0.15, -0.1) is 0 Å². The molecule has 8 heteroatoms. The van der Waals surface area contributed by atoms with Crippen LogP contribution in [0.2, 0.25) is 0 Å². The fourth-order valence-electron chi connectivity index (χ4n) is 3.60. The fourth-order valence-corrected chi connectivity index (χ4v) is 3.60. The van der Waals surface area contributed by atoms with E-state index >= 15 is 0 Å². The number of carboxylic acids is 1. The first-order valence-electron chi connectivity index (χ1n) is 10.1. The van der Waals surface area contributed by atoms with E-state index in [1.54, 1.807) is 18.2 Å². The number of hydrogen-bond donors (Lipinski definition) is 3. The molecule has 0 bridgehead atoms. The molecule has 8 nitrogen and oxygen atoms in total. The number of carbonyl (C=O) groups excluding carboxylic acids is 1. The van der Waals surface area contributed by atoms with Crippen molar-refractivity contribution < 1.29 is 23.8 Å². The molecule has 2 aromatic heterocycles. The van der Waals surface area contributed by atoms with E-state index in [-0.39, 0.29) is 5.76 Å². The van der Waals surface area contributed by atoms with Crippen molar-refractivity contribution in [2.75, 3.05) is 6.54 Å². The van der Waals surface area contributed by atoms with E-state index < -0.39 is 11.9 Å². The summed E-state index contributed by atoms with van der Waals surface area (Å²) >= 11 is 0. The average Bonchev–Trinajstić information content (AvgIpc) is 3.38. The Bertz CT molecular complexity index is 1270. The van der Waals surface area contributed by atoms with Gasteiger partial charge in [0, 0.05) is 22.7 Å². The number of fused-ring (bicyclic) bond motifs is 1. The molecule has 0 aliphatic carbocycles. The zero-order chi connectivity index (χ0) is 22.7. The van der Waals surface area contributed by atoms with Gasteiger partial charge in [0.1, 0.15) is 18.1 Å². The normalized spacial score (nSPS) is 11.0. The van der Waals surface area contributed by atoms with Crippen LogP contribution < -0.4 is 16.2 Å². The van der Waals surface area contributed by atoms with E-state index in [2.05, 4.69) is 0 Å². The molecule has 0 atom stereocenters. The zero-order valence-electron chi connectivity index (χ0n) is 17.3. The summed E-state index contributed by atoms with van der Waals surface area (Å²) in [7, 11) is 0. The third kappa shape index (κ3) is 4.50. The lowest BCUT2D eigenvalue weighted by Crippen LogP contribution is -2.10. The number of benzene rings is 2. The van der Waals surface area contributed by atoms with Crippen LogP contribution in [0.25, 0.3) is 10.9 Å². The van der Waals surface area contributed by atoms with Gasteiger partial charge >= 0.3 is 5.97 Å². The number of ether oxygens (including phenoxy) is 1. The van der Waals surface area contributed by atoms with Gasteiger partial charge in [-0.25, -0.2) is 4.79 Å². The van der Waals surface area contributed by atoms with Crippen molar-refractivity contribution in [3.8, 4) is 5.75 Å². The van der Waals surface area contributed by atoms with Crippen LogP contribution in [-0.2, 0) is 19.6 Å². The van der Waals surface area contributed by atoms with Crippen molar-refractivity contribution in [1.82, 2.24) is 4.57 Å². The average molecular weight is 433 g/mol. The van der Waals surface area contributed by atoms with Crippen LogP contribution in [-0.4, -0.2) is 28.1 Å². The molecule has 0 spiro atoms. The number of aromatic carboxylic acids is 1. The number of aromatic nitrogens is 1. The minimum Gasteiger partial charge on any atom is -0.489 e. The Hall–Kier alpha value is -4.04. The lowest BCUT2D eigenvalue weighted by atomic mass is 10.1. The van der Waals surface area contributed by atoms with Gasteiger partial charge in [-0.2, -0.15) is 0 Å². The third-order valence-corrected chi connectivity index (χ3v) is 5.19. The van der Waals surface area contributed by atoms with Crippen LogP contribution in [0.15, 0.2) is 65.2 Å². The number of carboxylic acid groups (broad SMARTS) is 1. The quantitative estimate of drug-likeness (QED) is 0.371. The first-order valence-corrected chi connectivity index (χ1v) is 10.1. The molecule has 2 aromatic carbocycles. The summed E-state index contributed by atoms with van der Waals surface area (Å²) in [5, 5.41) is 10.1. The monoisotopic (exact) mass is 433 g/mol. The van der Waals surface area contributed by atoms with E-state index in [4.69, 9.17) is 25.7 Å². The predicted molar refractivity (Wildman–Crippen MR) is 119 cm³/mol. The van der Waals surface area contributed by atoms with Crippen molar-refractivity contribution in [1.29, 1.82) is 0 Å². The number of rotatable bonds is 9. The van der Waals surface area contributed by atoms with Crippen molar-refractivity contribution in [2.24, 2.45) is 11.5 Å². The summed E-state index contributed by atoms with van der Waals surface area (Å²) in [6.45, 7) is 1.25. The summed E-state index contributed by atoms with van der Waals surface area (Å²) in [5.41, 5.74) is 14.5. The van der Waals surface area contributed by atoms with E-state index in [1.165, 1.54) is 6.07 Å². The van der Waals surface area contributed by atoms with Crippen LogP contribution in [0.5, 0.6) is 5.75 Å². The second-order valence-electron chi connectivity index (χ2n) is 7.42. The van der Waals surface area contributed by atoms with Crippen LogP contribution in [0.1, 0.15) is 37.8 Å². The lowest BCUT2D eigenvalue weighted by Gasteiger charge is -2.08. The van der Waals surface area contributed by atoms with Gasteiger partial charge in [-0.3, -0.25) is 4.79 Å². The first-order chi connectivity index (χ1) is 15.4. The molecule has 1 amide bonds. The molecule has 0 aliphatic heterocycles. The van der Waals surface area contributed by atoms with Crippen molar-refractivity contribution in [3.63, 3.8) is 0 Å². The van der Waals surface area contributed by atoms with Gasteiger partial charge in [-0.1, -0.05) is 12.1 Å². The second kappa shape index (κ2) is 8.99. The third-order valence-electron chi connectivity index (χ3n) is 5.19. The van der Waals surface area contributed by atoms with Crippen molar-refractivity contribution in [2.45, 2.75) is 19.6 Å². The molecule has 32 heavy (non-hydrogen) atoms. The maximum atomic E-state index is 11.2. The predicted octanol–water partition coefficient (Wildman–Crippen LogP) is 3.16. The minimum atomic E-state index is -1.09. The number of furan rings is 1. The number of hydrogen-bond acceptors (Lipinski definition) is 5. The highest BCUT2D eigenvalue weighted by atomic mass is 16.5. The standard InChI is InChI=1S/C24H23N3O5/c25-10-9-17-12-27(13-19-6-8-22(32-19)24(29)30)21-7-5-18(11-20(17)21)31-14-15-1-3-16(4-2-15)23(26)28/h1-8,11-12H,9-10,13-14,25H2,(H2,26,28)(H,29,30). The number of amides is 1. The van der Waals surface area contributed by atoms with Crippen LogP contribution in [0.3, 0.4) is 0 Å². The summed E-state index contributed by atoms with van der Waals surface area (Å²) < 4.78 is 13.4. The maximum Gasteiger partial charge on any atom is 0.371 e. The molecule has 0 saturated heterocycles. The molecule has 164 valence electrons. The summed E-state index contributed by atoms with van der Waals surface area (Å²) in [6.07, 6.45) is 2.70. The smallest absolute Gasteiger partial charge is 0.371 e. The highest BCUT2D eigenvalue weighted by Crippen LogP contribution is 2.28. The summed E-state index contributed by atoms with van der Waals surface area (Å²) in [5.74, 6) is -0.382. The Morgan fingerprint density at radius 3 is 2.50 bits per heavy atom. The largest absolute Gasteiger partial charge is 0.489 e. The van der Waals surface area contributed by atoms with Gasteiger partial charge in [0.15, 0.2) is 0 Å². The van der Waals surface area contributed by atoms with Gasteiger partial charge in [-0.05, 0) is 66.6 Å². The van der Waals surface area contributed by atoms with Crippen LogP contribution >= 0.6 is 0 Å². The number of nitrogens with two attached hydrogens (primary N) is 2. The Kier molecular flexibility index (Phi) is 5.96. The van der Waals surface area contributed by atoms with E-state index in [1.807, 2.05) is 41.1 Å². The molecule has 5 N–H and O–H groups in total. The molecule has 4 rings (SSSR count). The molecule has 0 aliphatic rings. The molecular formula is C24H23N3O5. The molecule has 0 saturated carbocycles. The summed E-state index contributed by atoms with van der Waals surface area (Å²) in [4.78, 5) is 22.3. The first kappa shape index (κ1) is 21.2. The van der Waals surface area contributed by atoms with E-state index in [0.29, 0.717) is 43.2 Å². The SMILES string of the molecule is NCCc1cn(Cc2ccc(C(=O)O)o2)c2ccc(OCc3ccc(C(N)=O)cc3)cc12. The van der Waals surface area contributed by atoms with E-state index in [0.717, 1.165) is 22.0 Å². The Morgan fingerprint density at radius 2 is 1.84 bits per heavy atom. The lowest BCUT2D eigenvalue weighted by molar-refractivity contribution is 0.0660. The fraction of sp³-hybridized carbons (Fsp3) is 0.167. The number of carbonyl (C=O) groups is 2. The number of nitrogens with zero attached hydrogens (tertiary/aromatic N) is 1. The van der Waals surface area contributed by atoms with Crippen molar-refractivity contribution >= 4 is 22.8 Å². The zero-order valence-corrected chi connectivity index (χ0v) is 17.3. The van der Waals surface area contributed by atoms with Gasteiger partial charge in [0.25, 0.3) is 0 Å². The highest BCUT2D eigenvalue weighted by molar-refractivity contribution is 5.92. The van der Waals surface area contributed by atoms with Gasteiger partial charge in [0.2, 0.25) is 11.7 Å². The molecule has 4 aromatic rings. The van der Waals surface area contributed by atoms with Gasteiger partial charge in [0.05, 0.1) is 6.54 Å². The van der Waals surface area contributed by atoms with Crippen LogP contribution in [0, 0.1) is 0 Å². The molecule has 0 fully saturated rings. The highest BCUT2D eigenvalue weighted by Gasteiger charge is 2.13. The van der Waals surface area contributed by atoms with E-state index in [9.17, 15) is 9.59 Å². The van der Waals surface area contributed by atoms with Crippen molar-refractivity contribution in [3.05, 3.63) is 89.0 Å². The Balaban J connectivity index is 1.56. The minimum absolute atomic E-state index is 0.0850. The topological polar surface area (TPSA) is 134 Å².